The van der Waals surface area contributed by atoms with Crippen LogP contribution in [0.4, 0.5) is 0 Å². The van der Waals surface area contributed by atoms with E-state index in [1.165, 1.54) is 4.90 Å². The fourth-order valence-corrected chi connectivity index (χ4v) is 3.03. The van der Waals surface area contributed by atoms with Crippen molar-refractivity contribution in [3.8, 4) is 22.4 Å². The first-order valence-corrected chi connectivity index (χ1v) is 8.47. The van der Waals surface area contributed by atoms with Crippen LogP contribution in [-0.4, -0.2) is 25.8 Å². The summed E-state index contributed by atoms with van der Waals surface area (Å²) in [6.07, 6.45) is 9.38. The lowest BCUT2D eigenvalue weighted by Crippen LogP contribution is -1.87. The van der Waals surface area contributed by atoms with Gasteiger partial charge in [0.05, 0.1) is 5.56 Å². The first-order chi connectivity index (χ1) is 11.4. The van der Waals surface area contributed by atoms with Crippen molar-refractivity contribution in [3.05, 3.63) is 67.3 Å². The summed E-state index contributed by atoms with van der Waals surface area (Å²) in [6.45, 7) is 0. The van der Waals surface area contributed by atoms with E-state index in [1.54, 1.807) is 30.4 Å². The Hall–Kier alpha value is -2.66. The fraction of sp³-hybridized carbons (Fsp3) is 0.0556. The second-order valence-electron chi connectivity index (χ2n) is 5.08. The van der Waals surface area contributed by atoms with E-state index >= 15 is 0 Å². The van der Waals surface area contributed by atoms with E-state index < -0.39 is 0 Å². The van der Waals surface area contributed by atoms with Gasteiger partial charge < -0.3 is 0 Å². The molecule has 0 N–H and O–H groups in total. The molecule has 1 aromatic carbocycles. The maximum atomic E-state index is 4.74. The molecule has 0 saturated carbocycles. The molecule has 0 aliphatic heterocycles. The van der Waals surface area contributed by atoms with Gasteiger partial charge in [0.15, 0.2) is 5.65 Å². The van der Waals surface area contributed by atoms with Gasteiger partial charge in [0.25, 0.3) is 0 Å². The molecule has 3 heterocycles. The zero-order chi connectivity index (χ0) is 15.6. The second-order valence-corrected chi connectivity index (χ2v) is 5.96. The minimum absolute atomic E-state index is 0.850. The largest absolute Gasteiger partial charge is 0.265 e. The van der Waals surface area contributed by atoms with Crippen LogP contribution in [0.25, 0.3) is 28.0 Å². The van der Waals surface area contributed by atoms with E-state index in [4.69, 9.17) is 5.10 Å². The van der Waals surface area contributed by atoms with Crippen molar-refractivity contribution >= 4 is 17.4 Å². The lowest BCUT2D eigenvalue weighted by molar-refractivity contribution is 0.943. The number of fused-ring (bicyclic) bond motifs is 1. The molecule has 0 atom stereocenters. The summed E-state index contributed by atoms with van der Waals surface area (Å²) in [5.41, 5.74) is 4.97. The molecule has 0 spiro atoms. The standard InChI is InChI=1S/C18H14N4S/c1-23-15-5-3-14(4-6-15)17-16(13-7-10-19-11-8-13)18-20-9-2-12-22(18)21-17/h2-12H,1H3. The van der Waals surface area contributed by atoms with Crippen LogP contribution in [0.5, 0.6) is 0 Å². The summed E-state index contributed by atoms with van der Waals surface area (Å²) in [7, 11) is 0. The molecule has 3 aromatic heterocycles. The van der Waals surface area contributed by atoms with Crippen molar-refractivity contribution in [2.24, 2.45) is 0 Å². The van der Waals surface area contributed by atoms with Gasteiger partial charge in [-0.2, -0.15) is 5.10 Å². The lowest BCUT2D eigenvalue weighted by atomic mass is 10.0. The van der Waals surface area contributed by atoms with Crippen molar-refractivity contribution in [2.45, 2.75) is 4.90 Å². The maximum Gasteiger partial charge on any atom is 0.163 e. The molecular formula is C18H14N4S. The molecule has 0 fully saturated rings. The van der Waals surface area contributed by atoms with E-state index in [2.05, 4.69) is 40.5 Å². The Kier molecular flexibility index (Phi) is 3.55. The van der Waals surface area contributed by atoms with Gasteiger partial charge in [0.2, 0.25) is 0 Å². The van der Waals surface area contributed by atoms with Gasteiger partial charge in [-0.15, -0.1) is 11.8 Å². The first-order valence-electron chi connectivity index (χ1n) is 7.25. The Balaban J connectivity index is 1.98. The highest BCUT2D eigenvalue weighted by Crippen LogP contribution is 2.34. The van der Waals surface area contributed by atoms with Gasteiger partial charge >= 0.3 is 0 Å². The van der Waals surface area contributed by atoms with Gasteiger partial charge in [0.1, 0.15) is 5.69 Å². The number of rotatable bonds is 3. The van der Waals surface area contributed by atoms with Gasteiger partial charge in [-0.25, -0.2) is 9.50 Å². The summed E-state index contributed by atoms with van der Waals surface area (Å²) >= 11 is 1.73. The van der Waals surface area contributed by atoms with Crippen molar-refractivity contribution in [1.82, 2.24) is 19.6 Å². The summed E-state index contributed by atoms with van der Waals surface area (Å²) in [5, 5.41) is 4.74. The molecule has 4 nitrogen and oxygen atoms in total. The monoisotopic (exact) mass is 318 g/mol. The van der Waals surface area contributed by atoms with E-state index in [1.807, 2.05) is 28.9 Å². The van der Waals surface area contributed by atoms with Crippen molar-refractivity contribution < 1.29 is 0 Å². The SMILES string of the molecule is CSc1ccc(-c2nn3cccnc3c2-c2ccncc2)cc1. The summed E-state index contributed by atoms with van der Waals surface area (Å²) in [4.78, 5) is 9.86. The number of hydrogen-bond donors (Lipinski definition) is 0. The zero-order valence-electron chi connectivity index (χ0n) is 12.5. The Labute approximate surface area is 138 Å². The molecular weight excluding hydrogens is 304 g/mol. The molecule has 0 aliphatic carbocycles. The van der Waals surface area contributed by atoms with Crippen LogP contribution in [0.15, 0.2) is 72.1 Å². The molecule has 4 aromatic rings. The van der Waals surface area contributed by atoms with Gasteiger partial charge in [-0.05, 0) is 42.2 Å². The minimum Gasteiger partial charge on any atom is -0.265 e. The predicted octanol–water partition coefficient (Wildman–Crippen LogP) is 4.18. The Bertz CT molecular complexity index is 946. The van der Waals surface area contributed by atoms with Gasteiger partial charge in [0, 0.05) is 35.2 Å². The van der Waals surface area contributed by atoms with Crippen LogP contribution in [-0.2, 0) is 0 Å². The Morgan fingerprint density at radius 2 is 1.70 bits per heavy atom. The second kappa shape index (κ2) is 5.85. The predicted molar refractivity (Wildman–Crippen MR) is 93.4 cm³/mol. The number of benzene rings is 1. The van der Waals surface area contributed by atoms with E-state index in [0.717, 1.165) is 28.0 Å². The number of aromatic nitrogens is 4. The lowest BCUT2D eigenvalue weighted by Gasteiger charge is -2.04. The van der Waals surface area contributed by atoms with Crippen molar-refractivity contribution in [2.75, 3.05) is 6.26 Å². The highest BCUT2D eigenvalue weighted by Gasteiger charge is 2.17. The van der Waals surface area contributed by atoms with Crippen LogP contribution in [0.3, 0.4) is 0 Å². The summed E-state index contributed by atoms with van der Waals surface area (Å²) < 4.78 is 1.83. The molecule has 0 amide bonds. The minimum atomic E-state index is 0.850. The number of hydrogen-bond acceptors (Lipinski definition) is 4. The average Bonchev–Trinajstić information content (AvgIpc) is 3.02. The molecule has 112 valence electrons. The van der Waals surface area contributed by atoms with Crippen molar-refractivity contribution in [1.29, 1.82) is 0 Å². The van der Waals surface area contributed by atoms with Crippen LogP contribution < -0.4 is 0 Å². The summed E-state index contributed by atoms with van der Waals surface area (Å²) in [6, 6.07) is 14.3. The molecule has 0 aliphatic rings. The quantitative estimate of drug-likeness (QED) is 0.532. The first kappa shape index (κ1) is 14.0. The Morgan fingerprint density at radius 3 is 2.43 bits per heavy atom. The molecule has 0 saturated heterocycles. The highest BCUT2D eigenvalue weighted by atomic mass is 32.2. The number of pyridine rings is 1. The molecule has 0 bridgehead atoms. The molecule has 0 radical (unpaired) electrons. The number of nitrogens with zero attached hydrogens (tertiary/aromatic N) is 4. The third-order valence-corrected chi connectivity index (χ3v) is 4.47. The normalized spacial score (nSPS) is 11.0. The highest BCUT2D eigenvalue weighted by molar-refractivity contribution is 7.98. The van der Waals surface area contributed by atoms with Gasteiger partial charge in [-0.3, -0.25) is 4.98 Å². The van der Waals surface area contributed by atoms with Crippen LogP contribution in [0.1, 0.15) is 0 Å². The maximum absolute atomic E-state index is 4.74. The van der Waals surface area contributed by atoms with E-state index in [0.29, 0.717) is 0 Å². The average molecular weight is 318 g/mol. The molecule has 5 heteroatoms. The molecule has 23 heavy (non-hydrogen) atoms. The van der Waals surface area contributed by atoms with Crippen molar-refractivity contribution in [3.63, 3.8) is 0 Å². The van der Waals surface area contributed by atoms with E-state index in [9.17, 15) is 0 Å². The fourth-order valence-electron chi connectivity index (χ4n) is 2.62. The molecule has 4 rings (SSSR count). The van der Waals surface area contributed by atoms with Crippen LogP contribution >= 0.6 is 11.8 Å². The van der Waals surface area contributed by atoms with Gasteiger partial charge in [-0.1, -0.05) is 12.1 Å². The molecule has 0 unspecified atom stereocenters. The number of thioether (sulfide) groups is 1. The third-order valence-electron chi connectivity index (χ3n) is 3.73. The zero-order valence-corrected chi connectivity index (χ0v) is 13.4. The Morgan fingerprint density at radius 1 is 0.913 bits per heavy atom. The van der Waals surface area contributed by atoms with E-state index in [-0.39, 0.29) is 0 Å². The topological polar surface area (TPSA) is 43.1 Å². The third kappa shape index (κ3) is 2.49. The van der Waals surface area contributed by atoms with Crippen LogP contribution in [0.2, 0.25) is 0 Å². The van der Waals surface area contributed by atoms with Crippen LogP contribution in [0, 0.1) is 0 Å². The smallest absolute Gasteiger partial charge is 0.163 e. The summed E-state index contributed by atoms with van der Waals surface area (Å²) in [5.74, 6) is 0.